The van der Waals surface area contributed by atoms with Crippen molar-refractivity contribution >= 4 is 22.8 Å². The lowest BCUT2D eigenvalue weighted by Gasteiger charge is -2.08. The zero-order valence-electron chi connectivity index (χ0n) is 12.5. The summed E-state index contributed by atoms with van der Waals surface area (Å²) in [6, 6.07) is 6.77. The summed E-state index contributed by atoms with van der Waals surface area (Å²) in [7, 11) is 0. The monoisotopic (exact) mass is 305 g/mol. The van der Waals surface area contributed by atoms with Crippen LogP contribution in [0.15, 0.2) is 23.4 Å². The van der Waals surface area contributed by atoms with Crippen molar-refractivity contribution in [3.05, 3.63) is 18.2 Å². The lowest BCUT2D eigenvalue weighted by Crippen LogP contribution is -2.20. The fraction of sp³-hybridized carbons (Fsp3) is 0.562. The molecule has 0 aliphatic carbocycles. The maximum atomic E-state index is 5.52. The van der Waals surface area contributed by atoms with Crippen molar-refractivity contribution in [3.8, 4) is 5.75 Å². The second-order valence-corrected chi connectivity index (χ2v) is 6.52. The molecule has 0 amide bonds. The van der Waals surface area contributed by atoms with Crippen molar-refractivity contribution < 1.29 is 4.74 Å². The molecule has 2 aromatic rings. The van der Waals surface area contributed by atoms with Gasteiger partial charge < -0.3 is 15.0 Å². The van der Waals surface area contributed by atoms with Crippen molar-refractivity contribution in [2.45, 2.75) is 43.8 Å². The average molecular weight is 305 g/mol. The van der Waals surface area contributed by atoms with E-state index in [1.54, 1.807) is 0 Å². The Morgan fingerprint density at radius 3 is 3.19 bits per heavy atom. The van der Waals surface area contributed by atoms with Crippen LogP contribution in [-0.2, 0) is 0 Å². The Morgan fingerprint density at radius 1 is 1.43 bits per heavy atom. The number of rotatable bonds is 7. The lowest BCUT2D eigenvalue weighted by molar-refractivity contribution is 0.340. The van der Waals surface area contributed by atoms with Crippen LogP contribution in [0.3, 0.4) is 0 Å². The van der Waals surface area contributed by atoms with Crippen LogP contribution in [0.2, 0.25) is 0 Å². The molecule has 1 fully saturated rings. The van der Waals surface area contributed by atoms with Gasteiger partial charge in [0.1, 0.15) is 5.75 Å². The number of nitrogens with one attached hydrogen (secondary N) is 2. The summed E-state index contributed by atoms with van der Waals surface area (Å²) in [6.07, 6.45) is 5.20. The van der Waals surface area contributed by atoms with Gasteiger partial charge in [0.05, 0.1) is 17.6 Å². The number of benzene rings is 1. The van der Waals surface area contributed by atoms with Gasteiger partial charge in [-0.3, -0.25) is 0 Å². The maximum Gasteiger partial charge on any atom is 0.166 e. The number of hydrogen-bond acceptors (Lipinski definition) is 4. The van der Waals surface area contributed by atoms with E-state index in [1.165, 1.54) is 32.2 Å². The molecule has 0 saturated carbocycles. The van der Waals surface area contributed by atoms with E-state index >= 15 is 0 Å². The minimum absolute atomic E-state index is 0.691. The van der Waals surface area contributed by atoms with E-state index in [0.717, 1.165) is 33.7 Å². The highest BCUT2D eigenvalue weighted by atomic mass is 32.2. The van der Waals surface area contributed by atoms with Gasteiger partial charge in [0.2, 0.25) is 0 Å². The van der Waals surface area contributed by atoms with E-state index in [4.69, 9.17) is 4.74 Å². The minimum Gasteiger partial charge on any atom is -0.494 e. The van der Waals surface area contributed by atoms with Gasteiger partial charge in [-0.25, -0.2) is 4.98 Å². The quantitative estimate of drug-likeness (QED) is 0.606. The molecule has 0 spiro atoms. The van der Waals surface area contributed by atoms with Crippen LogP contribution in [0.4, 0.5) is 0 Å². The average Bonchev–Trinajstić information content (AvgIpc) is 3.12. The zero-order chi connectivity index (χ0) is 14.5. The molecule has 2 N–H and O–H groups in total. The molecule has 1 aromatic heterocycles. The predicted octanol–water partition coefficient (Wildman–Crippen LogP) is 3.59. The van der Waals surface area contributed by atoms with Crippen LogP contribution in [0.1, 0.15) is 32.6 Å². The van der Waals surface area contributed by atoms with Gasteiger partial charge in [-0.2, -0.15) is 0 Å². The summed E-state index contributed by atoms with van der Waals surface area (Å²) < 4.78 is 5.52. The molecule has 1 aliphatic heterocycles. The van der Waals surface area contributed by atoms with Gasteiger partial charge in [-0.1, -0.05) is 11.8 Å². The van der Waals surface area contributed by atoms with Crippen LogP contribution in [0, 0.1) is 0 Å². The Labute approximate surface area is 130 Å². The fourth-order valence-electron chi connectivity index (χ4n) is 2.79. The molecule has 0 radical (unpaired) electrons. The number of aromatic nitrogens is 2. The summed E-state index contributed by atoms with van der Waals surface area (Å²) in [5.74, 6) is 2.02. The zero-order valence-corrected chi connectivity index (χ0v) is 13.3. The third-order valence-corrected chi connectivity index (χ3v) is 4.80. The summed E-state index contributed by atoms with van der Waals surface area (Å²) in [6.45, 7) is 3.89. The fourth-order valence-corrected chi connectivity index (χ4v) is 3.64. The summed E-state index contributed by atoms with van der Waals surface area (Å²) >= 11 is 1.81. The Morgan fingerprint density at radius 2 is 2.38 bits per heavy atom. The van der Waals surface area contributed by atoms with E-state index in [1.807, 2.05) is 36.9 Å². The van der Waals surface area contributed by atoms with Crippen molar-refractivity contribution in [2.75, 3.05) is 18.9 Å². The molecule has 0 bridgehead atoms. The number of nitrogens with zero attached hydrogens (tertiary/aromatic N) is 1. The summed E-state index contributed by atoms with van der Waals surface area (Å²) in [5, 5.41) is 4.56. The smallest absolute Gasteiger partial charge is 0.166 e. The Kier molecular flexibility index (Phi) is 5.04. The molecule has 3 rings (SSSR count). The number of ether oxygens (including phenoxy) is 1. The van der Waals surface area contributed by atoms with Crippen molar-refractivity contribution in [2.24, 2.45) is 0 Å². The van der Waals surface area contributed by atoms with Gasteiger partial charge in [0.15, 0.2) is 5.16 Å². The lowest BCUT2D eigenvalue weighted by atomic mass is 10.1. The molecule has 114 valence electrons. The highest BCUT2D eigenvalue weighted by molar-refractivity contribution is 7.99. The normalized spacial score (nSPS) is 18.4. The first-order chi connectivity index (χ1) is 10.3. The molecule has 1 unspecified atom stereocenters. The molecular formula is C16H23N3OS. The number of aromatic amines is 1. The van der Waals surface area contributed by atoms with Crippen LogP contribution in [0.5, 0.6) is 5.75 Å². The SMILES string of the molecule is CCOc1ccc2nc(SCCCC3CCCN3)[nH]c2c1. The first-order valence-corrected chi connectivity index (χ1v) is 8.82. The van der Waals surface area contributed by atoms with Crippen molar-refractivity contribution in [1.82, 2.24) is 15.3 Å². The number of thioether (sulfide) groups is 1. The molecule has 2 heterocycles. The van der Waals surface area contributed by atoms with Gasteiger partial charge in [-0.05, 0) is 51.3 Å². The summed E-state index contributed by atoms with van der Waals surface area (Å²) in [5.41, 5.74) is 2.07. The Bertz CT molecular complexity index is 578. The Hall–Kier alpha value is -1.20. The number of imidazole rings is 1. The van der Waals surface area contributed by atoms with E-state index in [-0.39, 0.29) is 0 Å². The topological polar surface area (TPSA) is 49.9 Å². The third kappa shape index (κ3) is 3.92. The second kappa shape index (κ2) is 7.18. The molecule has 1 saturated heterocycles. The molecule has 1 aromatic carbocycles. The molecule has 5 heteroatoms. The van der Waals surface area contributed by atoms with E-state index < -0.39 is 0 Å². The number of H-pyrrole nitrogens is 1. The number of fused-ring (bicyclic) bond motifs is 1. The van der Waals surface area contributed by atoms with Crippen LogP contribution in [0.25, 0.3) is 11.0 Å². The number of hydrogen-bond donors (Lipinski definition) is 2. The van der Waals surface area contributed by atoms with E-state index in [0.29, 0.717) is 6.61 Å². The highest BCUT2D eigenvalue weighted by Crippen LogP contribution is 2.24. The molecule has 21 heavy (non-hydrogen) atoms. The predicted molar refractivity (Wildman–Crippen MR) is 88.2 cm³/mol. The van der Waals surface area contributed by atoms with Gasteiger partial charge >= 0.3 is 0 Å². The van der Waals surface area contributed by atoms with Crippen LogP contribution < -0.4 is 10.1 Å². The van der Waals surface area contributed by atoms with Gasteiger partial charge in [-0.15, -0.1) is 0 Å². The standard InChI is InChI=1S/C16H23N3OS/c1-2-20-13-7-8-14-15(11-13)19-16(18-14)21-10-4-6-12-5-3-9-17-12/h7-8,11-12,17H,2-6,9-10H2,1H3,(H,18,19). The van der Waals surface area contributed by atoms with Crippen molar-refractivity contribution in [1.29, 1.82) is 0 Å². The molecule has 1 atom stereocenters. The van der Waals surface area contributed by atoms with Crippen LogP contribution in [-0.4, -0.2) is 34.9 Å². The Balaban J connectivity index is 1.51. The van der Waals surface area contributed by atoms with E-state index in [2.05, 4.69) is 15.3 Å². The largest absolute Gasteiger partial charge is 0.494 e. The van der Waals surface area contributed by atoms with Crippen molar-refractivity contribution in [3.63, 3.8) is 0 Å². The first kappa shape index (κ1) is 14.7. The maximum absolute atomic E-state index is 5.52. The minimum atomic E-state index is 0.691. The molecular weight excluding hydrogens is 282 g/mol. The van der Waals surface area contributed by atoms with Gasteiger partial charge in [0.25, 0.3) is 0 Å². The molecule has 1 aliphatic rings. The van der Waals surface area contributed by atoms with E-state index in [9.17, 15) is 0 Å². The molecule has 4 nitrogen and oxygen atoms in total. The van der Waals surface area contributed by atoms with Crippen LogP contribution >= 0.6 is 11.8 Å². The highest BCUT2D eigenvalue weighted by Gasteiger charge is 2.13. The second-order valence-electron chi connectivity index (χ2n) is 5.44. The van der Waals surface area contributed by atoms with Gasteiger partial charge in [0, 0.05) is 17.9 Å². The first-order valence-electron chi connectivity index (χ1n) is 7.84. The third-order valence-electron chi connectivity index (χ3n) is 3.84. The summed E-state index contributed by atoms with van der Waals surface area (Å²) in [4.78, 5) is 8.00.